The minimum atomic E-state index is -0.00581. The van der Waals surface area contributed by atoms with Crippen molar-refractivity contribution in [1.82, 2.24) is 9.80 Å². The predicted octanol–water partition coefficient (Wildman–Crippen LogP) is 4.11. The highest BCUT2D eigenvalue weighted by molar-refractivity contribution is 5.89. The fraction of sp³-hybridized carbons (Fsp3) is 0.318. The molecular weight excluding hydrogens is 322 g/mol. The second-order valence-electron chi connectivity index (χ2n) is 6.58. The van der Waals surface area contributed by atoms with Crippen LogP contribution in [0.3, 0.4) is 0 Å². The van der Waals surface area contributed by atoms with Crippen molar-refractivity contribution < 1.29 is 4.79 Å². The molecule has 4 nitrogen and oxygen atoms in total. The number of hydrogen-bond donors (Lipinski definition) is 1. The lowest BCUT2D eigenvalue weighted by atomic mass is 10.1. The van der Waals surface area contributed by atoms with Gasteiger partial charge < -0.3 is 10.2 Å². The largest absolute Gasteiger partial charge is 0.322 e. The molecule has 1 N–H and O–H groups in total. The summed E-state index contributed by atoms with van der Waals surface area (Å²) in [5.41, 5.74) is 3.36. The minimum absolute atomic E-state index is 0.00581. The van der Waals surface area contributed by atoms with Crippen LogP contribution in [-0.2, 0) is 6.42 Å². The molecule has 26 heavy (non-hydrogen) atoms. The molecule has 0 unspecified atom stereocenters. The van der Waals surface area contributed by atoms with Crippen LogP contribution in [0.1, 0.15) is 18.1 Å². The van der Waals surface area contributed by atoms with E-state index in [-0.39, 0.29) is 6.03 Å². The van der Waals surface area contributed by atoms with Crippen LogP contribution < -0.4 is 5.32 Å². The number of urea groups is 1. The highest BCUT2D eigenvalue weighted by atomic mass is 16.2. The van der Waals surface area contributed by atoms with Crippen molar-refractivity contribution in [2.45, 2.75) is 13.3 Å². The molecular formula is C22H27N3O. The molecule has 2 aromatic carbocycles. The molecule has 0 atom stereocenters. The monoisotopic (exact) mass is 349 g/mol. The summed E-state index contributed by atoms with van der Waals surface area (Å²) in [5, 5.41) is 3.00. The molecule has 0 radical (unpaired) electrons. The van der Waals surface area contributed by atoms with Crippen molar-refractivity contribution in [3.63, 3.8) is 0 Å². The highest BCUT2D eigenvalue weighted by Gasteiger charge is 2.20. The molecule has 0 bridgehead atoms. The number of hydrogen-bond acceptors (Lipinski definition) is 2. The molecule has 0 spiro atoms. The van der Waals surface area contributed by atoms with E-state index in [1.807, 2.05) is 35.2 Å². The Hall–Kier alpha value is -2.59. The van der Waals surface area contributed by atoms with Crippen LogP contribution >= 0.6 is 0 Å². The number of carbonyl (C=O) groups is 1. The van der Waals surface area contributed by atoms with E-state index >= 15 is 0 Å². The maximum absolute atomic E-state index is 12.4. The Morgan fingerprint density at radius 1 is 1.00 bits per heavy atom. The number of carbonyl (C=O) groups excluding carboxylic acids is 1. The molecule has 0 aliphatic carbocycles. The van der Waals surface area contributed by atoms with Crippen LogP contribution in [0.5, 0.6) is 0 Å². The molecule has 2 aromatic rings. The third kappa shape index (κ3) is 5.20. The van der Waals surface area contributed by atoms with E-state index in [4.69, 9.17) is 0 Å². The number of benzene rings is 2. The zero-order chi connectivity index (χ0) is 18.2. The number of anilines is 1. The Balaban J connectivity index is 1.42. The van der Waals surface area contributed by atoms with Gasteiger partial charge in [-0.25, -0.2) is 4.79 Å². The van der Waals surface area contributed by atoms with Gasteiger partial charge in [-0.3, -0.25) is 4.90 Å². The molecule has 1 heterocycles. The Bertz CT molecular complexity index is 717. The van der Waals surface area contributed by atoms with Gasteiger partial charge in [0.25, 0.3) is 0 Å². The topological polar surface area (TPSA) is 35.6 Å². The summed E-state index contributed by atoms with van der Waals surface area (Å²) >= 11 is 0. The first-order chi connectivity index (χ1) is 12.7. The van der Waals surface area contributed by atoms with Gasteiger partial charge in [0.1, 0.15) is 0 Å². The van der Waals surface area contributed by atoms with Gasteiger partial charge in [-0.15, -0.1) is 0 Å². The molecule has 0 aromatic heterocycles. The first-order valence-electron chi connectivity index (χ1n) is 9.33. The summed E-state index contributed by atoms with van der Waals surface area (Å²) in [5.74, 6) is 0. The molecule has 1 aliphatic heterocycles. The molecule has 3 rings (SSSR count). The lowest BCUT2D eigenvalue weighted by molar-refractivity contribution is 0.156. The maximum Gasteiger partial charge on any atom is 0.321 e. The van der Waals surface area contributed by atoms with Crippen molar-refractivity contribution in [2.75, 3.05) is 38.0 Å². The third-order valence-corrected chi connectivity index (χ3v) is 4.75. The fourth-order valence-corrected chi connectivity index (χ4v) is 3.06. The fourth-order valence-electron chi connectivity index (χ4n) is 3.06. The van der Waals surface area contributed by atoms with E-state index in [1.165, 1.54) is 11.1 Å². The summed E-state index contributed by atoms with van der Waals surface area (Å²) in [7, 11) is 0. The molecule has 136 valence electrons. The minimum Gasteiger partial charge on any atom is -0.322 e. The van der Waals surface area contributed by atoms with Crippen molar-refractivity contribution >= 4 is 17.8 Å². The van der Waals surface area contributed by atoms with Gasteiger partial charge in [-0.1, -0.05) is 61.5 Å². The van der Waals surface area contributed by atoms with Crippen LogP contribution in [0.2, 0.25) is 0 Å². The summed E-state index contributed by atoms with van der Waals surface area (Å²) in [6.07, 6.45) is 5.36. The zero-order valence-electron chi connectivity index (χ0n) is 15.4. The van der Waals surface area contributed by atoms with Gasteiger partial charge in [0.2, 0.25) is 0 Å². The van der Waals surface area contributed by atoms with Crippen molar-refractivity contribution in [3.05, 3.63) is 71.8 Å². The quantitative estimate of drug-likeness (QED) is 0.882. The van der Waals surface area contributed by atoms with Crippen molar-refractivity contribution in [2.24, 2.45) is 0 Å². The molecule has 1 saturated heterocycles. The second kappa shape index (κ2) is 9.20. The number of rotatable bonds is 5. The Kier molecular flexibility index (Phi) is 6.45. The molecule has 2 amide bonds. The molecule has 0 saturated carbocycles. The number of aryl methyl sites for hydroxylation is 1. The van der Waals surface area contributed by atoms with Gasteiger partial charge in [0, 0.05) is 38.4 Å². The highest BCUT2D eigenvalue weighted by Crippen LogP contribution is 2.12. The van der Waals surface area contributed by atoms with E-state index in [0.717, 1.165) is 44.8 Å². The predicted molar refractivity (Wildman–Crippen MR) is 108 cm³/mol. The Labute approximate surface area is 156 Å². The number of nitrogens with zero attached hydrogens (tertiary/aromatic N) is 2. The van der Waals surface area contributed by atoms with Crippen LogP contribution in [0.15, 0.2) is 60.7 Å². The van der Waals surface area contributed by atoms with Gasteiger partial charge in [-0.2, -0.15) is 0 Å². The smallest absolute Gasteiger partial charge is 0.321 e. The normalized spacial score (nSPS) is 15.3. The van der Waals surface area contributed by atoms with Crippen LogP contribution in [0.25, 0.3) is 6.08 Å². The maximum atomic E-state index is 12.4. The van der Waals surface area contributed by atoms with Crippen molar-refractivity contribution in [3.8, 4) is 0 Å². The Morgan fingerprint density at radius 3 is 2.35 bits per heavy atom. The van der Waals surface area contributed by atoms with E-state index in [9.17, 15) is 4.79 Å². The lowest BCUT2D eigenvalue weighted by Gasteiger charge is -2.34. The third-order valence-electron chi connectivity index (χ3n) is 4.75. The SMILES string of the molecule is CCc1ccc(NC(=O)N2CCN(C/C=C/c3ccccc3)CC2)cc1. The van der Waals surface area contributed by atoms with Crippen LogP contribution in [-0.4, -0.2) is 48.6 Å². The molecule has 4 heteroatoms. The first-order valence-corrected chi connectivity index (χ1v) is 9.33. The van der Waals surface area contributed by atoms with E-state index in [1.54, 1.807) is 0 Å². The average Bonchev–Trinajstić information content (AvgIpc) is 2.70. The average molecular weight is 349 g/mol. The summed E-state index contributed by atoms with van der Waals surface area (Å²) in [6, 6.07) is 18.4. The summed E-state index contributed by atoms with van der Waals surface area (Å²) in [6.45, 7) is 6.38. The second-order valence-corrected chi connectivity index (χ2v) is 6.58. The number of amides is 2. The number of nitrogens with one attached hydrogen (secondary N) is 1. The number of piperazine rings is 1. The molecule has 1 aliphatic rings. The zero-order valence-corrected chi connectivity index (χ0v) is 15.4. The van der Waals surface area contributed by atoms with Crippen LogP contribution in [0, 0.1) is 0 Å². The lowest BCUT2D eigenvalue weighted by Crippen LogP contribution is -2.49. The summed E-state index contributed by atoms with van der Waals surface area (Å²) < 4.78 is 0. The standard InChI is InChI=1S/C22H27N3O/c1-2-19-10-12-21(13-11-19)23-22(26)25-17-15-24(16-18-25)14-6-9-20-7-4-3-5-8-20/h3-13H,2,14-18H2,1H3,(H,23,26)/b9-6+. The van der Waals surface area contributed by atoms with Gasteiger partial charge in [0.05, 0.1) is 0 Å². The van der Waals surface area contributed by atoms with Gasteiger partial charge >= 0.3 is 6.03 Å². The van der Waals surface area contributed by atoms with Gasteiger partial charge in [0.15, 0.2) is 0 Å². The van der Waals surface area contributed by atoms with Crippen molar-refractivity contribution in [1.29, 1.82) is 0 Å². The van der Waals surface area contributed by atoms with Gasteiger partial charge in [-0.05, 0) is 29.7 Å². The Morgan fingerprint density at radius 2 is 1.69 bits per heavy atom. The summed E-state index contributed by atoms with van der Waals surface area (Å²) in [4.78, 5) is 16.7. The van der Waals surface area contributed by atoms with E-state index < -0.39 is 0 Å². The van der Waals surface area contributed by atoms with E-state index in [2.05, 4.69) is 53.6 Å². The van der Waals surface area contributed by atoms with E-state index in [0.29, 0.717) is 0 Å². The van der Waals surface area contributed by atoms with Crippen LogP contribution in [0.4, 0.5) is 10.5 Å². The first kappa shape index (κ1) is 18.2. The molecule has 1 fully saturated rings.